The number of hydrogen-bond acceptors (Lipinski definition) is 2. The van der Waals surface area contributed by atoms with Crippen molar-refractivity contribution >= 4 is 26.7 Å². The molecule has 118 valence electrons. The molecule has 22 heavy (non-hydrogen) atoms. The summed E-state index contributed by atoms with van der Waals surface area (Å²) in [6.45, 7) is 6.44. The summed E-state index contributed by atoms with van der Waals surface area (Å²) in [5.74, 6) is 0.961. The molecule has 0 aromatic heterocycles. The summed E-state index contributed by atoms with van der Waals surface area (Å²) < 4.78 is 7.10. The monoisotopic (exact) mass is 361 g/mol. The Labute approximate surface area is 141 Å². The molecule has 1 saturated heterocycles. The van der Waals surface area contributed by atoms with Crippen molar-refractivity contribution in [2.75, 3.05) is 13.2 Å². The number of hydrogen-bond donors (Lipinski definition) is 0. The lowest BCUT2D eigenvalue weighted by Crippen LogP contribution is -2.45. The molecule has 3 heteroatoms. The van der Waals surface area contributed by atoms with E-state index in [-0.39, 0.29) is 0 Å². The lowest BCUT2D eigenvalue weighted by Gasteiger charge is -2.38. The van der Waals surface area contributed by atoms with Crippen molar-refractivity contribution in [2.24, 2.45) is 0 Å². The number of rotatable bonds is 4. The molecule has 0 saturated carbocycles. The van der Waals surface area contributed by atoms with Crippen LogP contribution in [0.25, 0.3) is 10.8 Å². The normalized spacial score (nSPS) is 22.9. The molecule has 0 aliphatic carbocycles. The first-order valence-electron chi connectivity index (χ1n) is 8.21. The molecule has 0 bridgehead atoms. The summed E-state index contributed by atoms with van der Waals surface area (Å²) in [6.07, 6.45) is 3.99. The molecule has 0 N–H and O–H groups in total. The van der Waals surface area contributed by atoms with Crippen molar-refractivity contribution < 1.29 is 4.74 Å². The highest BCUT2D eigenvalue weighted by atomic mass is 79.9. The van der Waals surface area contributed by atoms with Crippen molar-refractivity contribution in [2.45, 2.75) is 45.2 Å². The van der Waals surface area contributed by atoms with Gasteiger partial charge in [0.25, 0.3) is 0 Å². The molecule has 1 aliphatic rings. The van der Waals surface area contributed by atoms with Crippen molar-refractivity contribution in [3.8, 4) is 5.75 Å². The van der Waals surface area contributed by atoms with Gasteiger partial charge in [0.05, 0.1) is 0 Å². The highest BCUT2D eigenvalue weighted by molar-refractivity contribution is 9.10. The summed E-state index contributed by atoms with van der Waals surface area (Å²) in [6, 6.07) is 14.0. The van der Waals surface area contributed by atoms with Crippen LogP contribution in [0.1, 0.15) is 33.1 Å². The van der Waals surface area contributed by atoms with Crippen molar-refractivity contribution in [1.82, 2.24) is 4.90 Å². The molecule has 0 radical (unpaired) electrons. The van der Waals surface area contributed by atoms with Gasteiger partial charge in [-0.2, -0.15) is 0 Å². The van der Waals surface area contributed by atoms with E-state index in [2.05, 4.69) is 71.1 Å². The Morgan fingerprint density at radius 3 is 2.55 bits per heavy atom. The van der Waals surface area contributed by atoms with Crippen LogP contribution >= 0.6 is 15.9 Å². The Bertz CT molecular complexity index is 632. The number of ether oxygens (including phenoxy) is 1. The van der Waals surface area contributed by atoms with Gasteiger partial charge in [-0.15, -0.1) is 0 Å². The highest BCUT2D eigenvalue weighted by Gasteiger charge is 2.24. The van der Waals surface area contributed by atoms with Crippen LogP contribution in [0.2, 0.25) is 0 Å². The van der Waals surface area contributed by atoms with Gasteiger partial charge in [0.1, 0.15) is 12.4 Å². The average Bonchev–Trinajstić information content (AvgIpc) is 2.50. The second-order valence-corrected chi connectivity index (χ2v) is 7.28. The molecule has 0 spiro atoms. The maximum absolute atomic E-state index is 6.00. The number of likely N-dealkylation sites (tertiary alicyclic amines) is 1. The molecular weight excluding hydrogens is 338 g/mol. The minimum absolute atomic E-state index is 0.680. The van der Waals surface area contributed by atoms with E-state index < -0.39 is 0 Å². The topological polar surface area (TPSA) is 12.5 Å². The number of benzene rings is 2. The Morgan fingerprint density at radius 1 is 1.05 bits per heavy atom. The van der Waals surface area contributed by atoms with Gasteiger partial charge in [0.15, 0.2) is 0 Å². The van der Waals surface area contributed by atoms with Gasteiger partial charge < -0.3 is 4.74 Å². The van der Waals surface area contributed by atoms with Gasteiger partial charge >= 0.3 is 0 Å². The Morgan fingerprint density at radius 2 is 1.77 bits per heavy atom. The van der Waals surface area contributed by atoms with Crippen LogP contribution in [-0.4, -0.2) is 30.1 Å². The van der Waals surface area contributed by atoms with E-state index in [9.17, 15) is 0 Å². The lowest BCUT2D eigenvalue weighted by atomic mass is 9.98. The van der Waals surface area contributed by atoms with Crippen LogP contribution in [-0.2, 0) is 0 Å². The fourth-order valence-electron chi connectivity index (χ4n) is 3.47. The van der Waals surface area contributed by atoms with E-state index in [1.807, 2.05) is 0 Å². The highest BCUT2D eigenvalue weighted by Crippen LogP contribution is 2.25. The fourth-order valence-corrected chi connectivity index (χ4v) is 3.85. The summed E-state index contributed by atoms with van der Waals surface area (Å²) in [4.78, 5) is 2.58. The largest absolute Gasteiger partial charge is 0.492 e. The summed E-state index contributed by atoms with van der Waals surface area (Å²) in [5, 5.41) is 2.46. The second kappa shape index (κ2) is 7.01. The van der Waals surface area contributed by atoms with E-state index >= 15 is 0 Å². The summed E-state index contributed by atoms with van der Waals surface area (Å²) in [7, 11) is 0. The summed E-state index contributed by atoms with van der Waals surface area (Å²) >= 11 is 3.53. The SMILES string of the molecule is CC1CCCC(C)N1CCOc1ccc2ccc(Br)cc2c1. The molecule has 2 atom stereocenters. The Kier molecular flexibility index (Phi) is 5.04. The standard InChI is InChI=1S/C19H24BrNO/c1-14-4-3-5-15(2)21(14)10-11-22-19-9-7-16-6-8-18(20)12-17(16)13-19/h6-9,12-15H,3-5,10-11H2,1-2H3. The molecule has 1 aliphatic heterocycles. The van der Waals surface area contributed by atoms with E-state index in [4.69, 9.17) is 4.74 Å². The van der Waals surface area contributed by atoms with Crippen LogP contribution in [0.5, 0.6) is 5.75 Å². The zero-order valence-corrected chi connectivity index (χ0v) is 15.0. The van der Waals surface area contributed by atoms with Gasteiger partial charge in [-0.25, -0.2) is 0 Å². The van der Waals surface area contributed by atoms with Crippen molar-refractivity contribution in [3.05, 3.63) is 40.9 Å². The molecule has 2 nitrogen and oxygen atoms in total. The molecule has 1 fully saturated rings. The summed E-state index contributed by atoms with van der Waals surface area (Å²) in [5.41, 5.74) is 0. The molecule has 0 amide bonds. The smallest absolute Gasteiger partial charge is 0.120 e. The van der Waals surface area contributed by atoms with Crippen LogP contribution < -0.4 is 4.74 Å². The van der Waals surface area contributed by atoms with Gasteiger partial charge in [0, 0.05) is 23.1 Å². The van der Waals surface area contributed by atoms with E-state index in [0.29, 0.717) is 12.1 Å². The van der Waals surface area contributed by atoms with Crippen LogP contribution in [0.4, 0.5) is 0 Å². The fraction of sp³-hybridized carbons (Fsp3) is 0.474. The molecule has 2 unspecified atom stereocenters. The lowest BCUT2D eigenvalue weighted by molar-refractivity contribution is 0.0852. The first-order chi connectivity index (χ1) is 10.6. The molecule has 1 heterocycles. The minimum Gasteiger partial charge on any atom is -0.492 e. The third kappa shape index (κ3) is 3.64. The quantitative estimate of drug-likeness (QED) is 0.737. The predicted molar refractivity (Wildman–Crippen MR) is 96.6 cm³/mol. The van der Waals surface area contributed by atoms with Crippen LogP contribution in [0.3, 0.4) is 0 Å². The first-order valence-corrected chi connectivity index (χ1v) is 9.00. The van der Waals surface area contributed by atoms with Crippen molar-refractivity contribution in [3.63, 3.8) is 0 Å². The molecule has 2 aromatic carbocycles. The second-order valence-electron chi connectivity index (χ2n) is 6.37. The number of piperidine rings is 1. The maximum atomic E-state index is 6.00. The van der Waals surface area contributed by atoms with E-state index in [1.54, 1.807) is 0 Å². The number of halogens is 1. The minimum atomic E-state index is 0.680. The predicted octanol–water partition coefficient (Wildman–Crippen LogP) is 5.24. The first kappa shape index (κ1) is 15.8. The molecule has 3 rings (SSSR count). The Hall–Kier alpha value is -1.06. The Balaban J connectivity index is 1.61. The van der Waals surface area contributed by atoms with E-state index in [0.717, 1.165) is 23.4 Å². The van der Waals surface area contributed by atoms with Gasteiger partial charge in [-0.1, -0.05) is 34.5 Å². The number of fused-ring (bicyclic) bond motifs is 1. The number of nitrogens with zero attached hydrogens (tertiary/aromatic N) is 1. The van der Waals surface area contributed by atoms with Gasteiger partial charge in [-0.3, -0.25) is 4.90 Å². The van der Waals surface area contributed by atoms with Crippen LogP contribution in [0, 0.1) is 0 Å². The van der Waals surface area contributed by atoms with Gasteiger partial charge in [0.2, 0.25) is 0 Å². The average molecular weight is 362 g/mol. The maximum Gasteiger partial charge on any atom is 0.120 e. The zero-order valence-electron chi connectivity index (χ0n) is 13.4. The molecule has 2 aromatic rings. The van der Waals surface area contributed by atoms with Crippen LogP contribution in [0.15, 0.2) is 40.9 Å². The third-order valence-electron chi connectivity index (χ3n) is 4.77. The molecular formula is C19H24BrNO. The third-order valence-corrected chi connectivity index (χ3v) is 5.26. The van der Waals surface area contributed by atoms with Crippen molar-refractivity contribution in [1.29, 1.82) is 0 Å². The van der Waals surface area contributed by atoms with E-state index in [1.165, 1.54) is 30.0 Å². The van der Waals surface area contributed by atoms with Gasteiger partial charge in [-0.05, 0) is 61.7 Å². The zero-order chi connectivity index (χ0) is 15.5.